The summed E-state index contributed by atoms with van der Waals surface area (Å²) in [5.41, 5.74) is 4.30. The first-order valence-electron chi connectivity index (χ1n) is 6.87. The van der Waals surface area contributed by atoms with Gasteiger partial charge in [-0.05, 0) is 0 Å². The number of benzene rings is 1. The molecule has 0 saturated carbocycles. The van der Waals surface area contributed by atoms with Gasteiger partial charge in [-0.15, -0.1) is 0 Å². The summed E-state index contributed by atoms with van der Waals surface area (Å²) in [6.07, 6.45) is 6.94. The quantitative estimate of drug-likeness (QED) is 0.430. The fraction of sp³-hybridized carbons (Fsp3) is 0.375. The zero-order chi connectivity index (χ0) is 13.9. The molecule has 1 aromatic rings. The van der Waals surface area contributed by atoms with Crippen LogP contribution in [0.2, 0.25) is 19.6 Å². The second-order valence-corrected chi connectivity index (χ2v) is 14.0. The first-order valence-corrected chi connectivity index (χ1v) is 12.5. The zero-order valence-corrected chi connectivity index (χ0v) is 15.4. The number of aryl methyl sites for hydroxylation is 1. The molecule has 3 heteroatoms. The second-order valence-electron chi connectivity index (χ2n) is 5.92. The van der Waals surface area contributed by atoms with E-state index >= 15 is 0 Å². The molecule has 1 heterocycles. The van der Waals surface area contributed by atoms with Gasteiger partial charge < -0.3 is 0 Å². The first-order chi connectivity index (χ1) is 8.99. The predicted molar refractivity (Wildman–Crippen MR) is 81.9 cm³/mol. The van der Waals surface area contributed by atoms with E-state index < -0.39 is 8.24 Å². The molecule has 0 N–H and O–H groups in total. The number of rotatable bonds is 4. The van der Waals surface area contributed by atoms with Gasteiger partial charge in [0.1, 0.15) is 0 Å². The van der Waals surface area contributed by atoms with Crippen LogP contribution in [0.5, 0.6) is 0 Å². The maximum atomic E-state index is 2.65. The molecule has 0 saturated heterocycles. The van der Waals surface area contributed by atoms with E-state index in [1.165, 1.54) is 16.7 Å². The van der Waals surface area contributed by atoms with Crippen molar-refractivity contribution in [1.29, 1.82) is 0 Å². The number of hydrogen-bond donors (Lipinski definition) is 0. The summed E-state index contributed by atoms with van der Waals surface area (Å²) in [5.74, 6) is 0. The van der Waals surface area contributed by atoms with Crippen LogP contribution in [-0.2, 0) is 12.8 Å². The van der Waals surface area contributed by atoms with Gasteiger partial charge in [-0.2, -0.15) is 0 Å². The van der Waals surface area contributed by atoms with Crippen LogP contribution in [0.4, 0.5) is 0 Å². The fourth-order valence-electron chi connectivity index (χ4n) is 1.96. The van der Waals surface area contributed by atoms with Crippen LogP contribution in [-0.4, -0.2) is 11.0 Å². The molecular formula is C16H23INSi-. The van der Waals surface area contributed by atoms with E-state index in [1.807, 2.05) is 0 Å². The number of halogens is 1. The van der Waals surface area contributed by atoms with Crippen LogP contribution >= 0.6 is 0 Å². The third-order valence-corrected chi connectivity index (χ3v) is 11.2. The molecule has 1 nitrogen and oxygen atoms in total. The summed E-state index contributed by atoms with van der Waals surface area (Å²) in [6.45, 7) is 9.49. The molecule has 0 aliphatic carbocycles. The van der Waals surface area contributed by atoms with Crippen LogP contribution in [0, 0.1) is 0 Å². The Bertz CT molecular complexity index is 482. The SMILES string of the molecule is CCc1ccc(CC2=CN([Si](C)(C)C)[I-]C=C2)cc1. The predicted octanol–water partition coefficient (Wildman–Crippen LogP) is 1.34. The van der Waals surface area contributed by atoms with Gasteiger partial charge in [0, 0.05) is 0 Å². The topological polar surface area (TPSA) is 3.24 Å². The molecule has 1 aliphatic heterocycles. The summed E-state index contributed by atoms with van der Waals surface area (Å²) < 4.78 is 5.06. The van der Waals surface area contributed by atoms with Crippen molar-refractivity contribution < 1.29 is 21.5 Å². The van der Waals surface area contributed by atoms with Gasteiger partial charge in [0.2, 0.25) is 0 Å². The third kappa shape index (κ3) is 4.21. The molecule has 0 spiro atoms. The van der Waals surface area contributed by atoms with Crippen molar-refractivity contribution in [2.75, 3.05) is 0 Å². The second kappa shape index (κ2) is 6.26. The Labute approximate surface area is 129 Å². The minimum absolute atomic E-state index is 0.0857. The number of allylic oxidation sites excluding steroid dienone is 2. The molecular weight excluding hydrogens is 361 g/mol. The van der Waals surface area contributed by atoms with Gasteiger partial charge in [-0.3, -0.25) is 0 Å². The van der Waals surface area contributed by atoms with Crippen molar-refractivity contribution in [3.05, 3.63) is 57.3 Å². The zero-order valence-electron chi connectivity index (χ0n) is 12.3. The van der Waals surface area contributed by atoms with Crippen LogP contribution in [0.25, 0.3) is 0 Å². The molecule has 0 fully saturated rings. The van der Waals surface area contributed by atoms with Crippen LogP contribution in [0.15, 0.2) is 46.2 Å². The molecule has 2 rings (SSSR count). The van der Waals surface area contributed by atoms with E-state index in [-0.39, 0.29) is 21.5 Å². The van der Waals surface area contributed by atoms with Gasteiger partial charge in [0.25, 0.3) is 0 Å². The molecule has 1 aromatic carbocycles. The van der Waals surface area contributed by atoms with Crippen molar-refractivity contribution >= 4 is 8.24 Å². The van der Waals surface area contributed by atoms with Crippen LogP contribution in [0.1, 0.15) is 18.1 Å². The standard InChI is InChI=1S/C16H23INSi/c1-5-14-6-8-15(9-7-14)12-16-10-11-17-18(13-16)19(2,3)4/h6-11,13H,5,12H2,1-4H3/q-1. The fourth-order valence-corrected chi connectivity index (χ4v) is 7.18. The normalized spacial score (nSPS) is 16.0. The molecule has 19 heavy (non-hydrogen) atoms. The summed E-state index contributed by atoms with van der Waals surface area (Å²) in [7, 11) is -1.18. The Kier molecular flexibility index (Phi) is 4.90. The van der Waals surface area contributed by atoms with Gasteiger partial charge in [-0.1, -0.05) is 0 Å². The Morgan fingerprint density at radius 3 is 2.26 bits per heavy atom. The van der Waals surface area contributed by atoms with E-state index in [1.54, 1.807) is 0 Å². The molecule has 104 valence electrons. The van der Waals surface area contributed by atoms with Gasteiger partial charge >= 0.3 is 129 Å². The summed E-state index contributed by atoms with van der Waals surface area (Å²) in [5, 5.41) is 0. The van der Waals surface area contributed by atoms with Crippen LogP contribution in [0.3, 0.4) is 0 Å². The Morgan fingerprint density at radius 1 is 1.05 bits per heavy atom. The first kappa shape index (κ1) is 14.8. The molecule has 0 aromatic heterocycles. The molecule has 0 atom stereocenters. The summed E-state index contributed by atoms with van der Waals surface area (Å²) >= 11 is 0.0857. The van der Waals surface area contributed by atoms with Gasteiger partial charge in [-0.25, -0.2) is 0 Å². The van der Waals surface area contributed by atoms with Gasteiger partial charge in [0.15, 0.2) is 0 Å². The van der Waals surface area contributed by atoms with E-state index in [2.05, 4.69) is 70.0 Å². The number of nitrogens with zero attached hydrogens (tertiary/aromatic N) is 1. The number of hydrogen-bond acceptors (Lipinski definition) is 1. The van der Waals surface area contributed by atoms with Crippen LogP contribution < -0.4 is 21.5 Å². The van der Waals surface area contributed by atoms with Crippen molar-refractivity contribution in [3.8, 4) is 0 Å². The average molecular weight is 384 g/mol. The van der Waals surface area contributed by atoms with E-state index in [0.29, 0.717) is 0 Å². The van der Waals surface area contributed by atoms with Crippen molar-refractivity contribution in [3.63, 3.8) is 0 Å². The van der Waals surface area contributed by atoms with E-state index in [4.69, 9.17) is 0 Å². The Morgan fingerprint density at radius 2 is 1.68 bits per heavy atom. The maximum absolute atomic E-state index is 2.65. The monoisotopic (exact) mass is 384 g/mol. The molecule has 0 amide bonds. The van der Waals surface area contributed by atoms with Crippen molar-refractivity contribution in [2.24, 2.45) is 0 Å². The molecule has 0 bridgehead atoms. The van der Waals surface area contributed by atoms with E-state index in [9.17, 15) is 0 Å². The van der Waals surface area contributed by atoms with Gasteiger partial charge in [0.05, 0.1) is 0 Å². The summed E-state index contributed by atoms with van der Waals surface area (Å²) in [4.78, 5) is 0. The summed E-state index contributed by atoms with van der Waals surface area (Å²) in [6, 6.07) is 9.06. The van der Waals surface area contributed by atoms with E-state index in [0.717, 1.165) is 12.8 Å². The Balaban J connectivity index is 2.09. The molecule has 0 unspecified atom stereocenters. The Hall–Kier alpha value is -0.553. The minimum atomic E-state index is -1.18. The molecule has 0 radical (unpaired) electrons. The average Bonchev–Trinajstić information content (AvgIpc) is 2.39. The molecule has 1 aliphatic rings. The van der Waals surface area contributed by atoms with Crippen molar-refractivity contribution in [1.82, 2.24) is 2.78 Å². The van der Waals surface area contributed by atoms with Crippen molar-refractivity contribution in [2.45, 2.75) is 39.4 Å². The third-order valence-electron chi connectivity index (χ3n) is 3.20.